The monoisotopic (exact) mass is 366 g/mol. The lowest BCUT2D eigenvalue weighted by molar-refractivity contribution is 0.194. The van der Waals surface area contributed by atoms with Gasteiger partial charge in [0.2, 0.25) is 0 Å². The largest absolute Gasteiger partial charge is 0.366 e. The number of aromatic nitrogens is 1. The maximum Gasteiger partial charge on any atom is 0.317 e. The lowest BCUT2D eigenvalue weighted by Gasteiger charge is -2.36. The summed E-state index contributed by atoms with van der Waals surface area (Å²) in [5.74, 6) is -0.887. The molecule has 0 saturated carbocycles. The Morgan fingerprint density at radius 3 is 2.64 bits per heavy atom. The number of nitrogens with one attached hydrogen (secondary N) is 1. The van der Waals surface area contributed by atoms with Crippen molar-refractivity contribution in [3.05, 3.63) is 58.9 Å². The molecule has 2 aromatic rings. The van der Waals surface area contributed by atoms with Crippen LogP contribution in [0.3, 0.4) is 0 Å². The predicted molar refractivity (Wildman–Crippen MR) is 91.6 cm³/mol. The molecule has 5 nitrogen and oxygen atoms in total. The fourth-order valence-electron chi connectivity index (χ4n) is 2.74. The number of halogens is 3. The van der Waals surface area contributed by atoms with Crippen LogP contribution in [0.15, 0.2) is 36.7 Å². The number of hydrogen-bond acceptors (Lipinski definition) is 3. The smallest absolute Gasteiger partial charge is 0.317 e. The Hall–Kier alpha value is -2.41. The van der Waals surface area contributed by atoms with Gasteiger partial charge in [-0.25, -0.2) is 13.6 Å². The van der Waals surface area contributed by atoms with E-state index in [1.807, 2.05) is 4.90 Å². The molecule has 8 heteroatoms. The summed E-state index contributed by atoms with van der Waals surface area (Å²) in [5.41, 5.74) is 1.01. The fraction of sp³-hybridized carbons (Fsp3) is 0.294. The van der Waals surface area contributed by atoms with Crippen LogP contribution in [0.5, 0.6) is 0 Å². The lowest BCUT2D eigenvalue weighted by atomic mass is 10.2. The number of carbonyl (C=O) groups excluding carboxylic acids is 1. The second-order valence-corrected chi connectivity index (χ2v) is 6.05. The summed E-state index contributed by atoms with van der Waals surface area (Å²) in [5, 5.41) is 2.75. The molecule has 1 aromatic carbocycles. The number of anilines is 1. The van der Waals surface area contributed by atoms with Crippen LogP contribution in [-0.2, 0) is 6.54 Å². The Bertz CT molecular complexity index is 766. The highest BCUT2D eigenvalue weighted by molar-refractivity contribution is 6.31. The Labute approximate surface area is 149 Å². The number of rotatable bonds is 3. The van der Waals surface area contributed by atoms with Crippen LogP contribution in [0, 0.1) is 11.6 Å². The van der Waals surface area contributed by atoms with Gasteiger partial charge < -0.3 is 15.1 Å². The van der Waals surface area contributed by atoms with Gasteiger partial charge in [0.15, 0.2) is 5.82 Å². The summed E-state index contributed by atoms with van der Waals surface area (Å²) in [6.07, 6.45) is 2.72. The molecule has 1 fully saturated rings. The second-order valence-electron chi connectivity index (χ2n) is 5.67. The maximum absolute atomic E-state index is 13.8. The average Bonchev–Trinajstić information content (AvgIpc) is 2.63. The summed E-state index contributed by atoms with van der Waals surface area (Å²) in [4.78, 5) is 19.5. The quantitative estimate of drug-likeness (QED) is 0.908. The summed E-state index contributed by atoms with van der Waals surface area (Å²) < 4.78 is 27.2. The number of nitrogens with zero attached hydrogens (tertiary/aromatic N) is 3. The topological polar surface area (TPSA) is 48.5 Å². The van der Waals surface area contributed by atoms with Crippen molar-refractivity contribution in [2.24, 2.45) is 0 Å². The van der Waals surface area contributed by atoms with E-state index in [1.165, 1.54) is 12.3 Å². The molecule has 0 unspecified atom stereocenters. The Morgan fingerprint density at radius 1 is 1.16 bits per heavy atom. The molecule has 0 radical (unpaired) electrons. The first-order valence-corrected chi connectivity index (χ1v) is 8.24. The molecule has 1 aliphatic rings. The number of amides is 2. The fourth-order valence-corrected chi connectivity index (χ4v) is 2.94. The van der Waals surface area contributed by atoms with Gasteiger partial charge in [0, 0.05) is 38.9 Å². The average molecular weight is 367 g/mol. The number of piperazine rings is 1. The number of carbonyl (C=O) groups is 1. The molecule has 1 aromatic heterocycles. The molecule has 0 bridgehead atoms. The van der Waals surface area contributed by atoms with Gasteiger partial charge in [-0.15, -0.1) is 0 Å². The first kappa shape index (κ1) is 17.4. The van der Waals surface area contributed by atoms with E-state index in [0.717, 1.165) is 0 Å². The van der Waals surface area contributed by atoms with E-state index in [4.69, 9.17) is 11.6 Å². The van der Waals surface area contributed by atoms with E-state index in [-0.39, 0.29) is 23.4 Å². The maximum atomic E-state index is 13.8. The third-order valence-electron chi connectivity index (χ3n) is 4.12. The SMILES string of the molecule is O=C(NCc1cccc(F)c1Cl)N1CCN(c2ccncc2F)CC1. The van der Waals surface area contributed by atoms with E-state index in [9.17, 15) is 13.6 Å². The van der Waals surface area contributed by atoms with Crippen LogP contribution in [0.2, 0.25) is 5.02 Å². The van der Waals surface area contributed by atoms with Crippen LogP contribution in [0.1, 0.15) is 5.56 Å². The van der Waals surface area contributed by atoms with Crippen LogP contribution in [0.25, 0.3) is 0 Å². The van der Waals surface area contributed by atoms with Crippen molar-refractivity contribution in [3.63, 3.8) is 0 Å². The van der Waals surface area contributed by atoms with Gasteiger partial charge >= 0.3 is 6.03 Å². The first-order valence-electron chi connectivity index (χ1n) is 7.86. The molecule has 0 spiro atoms. The van der Waals surface area contributed by atoms with Crippen molar-refractivity contribution >= 4 is 23.3 Å². The van der Waals surface area contributed by atoms with Gasteiger partial charge in [-0.05, 0) is 17.7 Å². The van der Waals surface area contributed by atoms with Gasteiger partial charge in [-0.1, -0.05) is 23.7 Å². The second kappa shape index (κ2) is 7.65. The van der Waals surface area contributed by atoms with Crippen molar-refractivity contribution in [1.82, 2.24) is 15.2 Å². The molecule has 1 saturated heterocycles. The molecule has 1 aliphatic heterocycles. The highest BCUT2D eigenvalue weighted by Crippen LogP contribution is 2.20. The summed E-state index contributed by atoms with van der Waals surface area (Å²) >= 11 is 5.88. The minimum atomic E-state index is -0.513. The summed E-state index contributed by atoms with van der Waals surface area (Å²) in [7, 11) is 0. The minimum Gasteiger partial charge on any atom is -0.366 e. The van der Waals surface area contributed by atoms with Crippen molar-refractivity contribution in [3.8, 4) is 0 Å². The van der Waals surface area contributed by atoms with Crippen molar-refractivity contribution < 1.29 is 13.6 Å². The van der Waals surface area contributed by atoms with Crippen LogP contribution >= 0.6 is 11.6 Å². The van der Waals surface area contributed by atoms with Gasteiger partial charge in [0.25, 0.3) is 0 Å². The zero-order valence-corrected chi connectivity index (χ0v) is 14.1. The van der Waals surface area contributed by atoms with Gasteiger partial charge in [0.05, 0.1) is 16.9 Å². The number of urea groups is 1. The highest BCUT2D eigenvalue weighted by Gasteiger charge is 2.22. The van der Waals surface area contributed by atoms with E-state index >= 15 is 0 Å². The third-order valence-corrected chi connectivity index (χ3v) is 4.54. The molecule has 2 heterocycles. The molecule has 0 atom stereocenters. The molecule has 1 N–H and O–H groups in total. The summed E-state index contributed by atoms with van der Waals surface area (Å²) in [6.45, 7) is 2.12. The van der Waals surface area contributed by atoms with Gasteiger partial charge in [-0.3, -0.25) is 4.98 Å². The number of benzene rings is 1. The molecule has 2 amide bonds. The normalized spacial score (nSPS) is 14.5. The van der Waals surface area contributed by atoms with E-state index in [1.54, 1.807) is 29.3 Å². The minimum absolute atomic E-state index is 0.0146. The first-order chi connectivity index (χ1) is 12.1. The Balaban J connectivity index is 1.53. The Kier molecular flexibility index (Phi) is 5.33. The Morgan fingerprint density at radius 2 is 1.92 bits per heavy atom. The predicted octanol–water partition coefficient (Wildman–Crippen LogP) is 3.05. The standard InChI is InChI=1S/C17H17ClF2N4O/c18-16-12(2-1-3-13(16)19)10-22-17(25)24-8-6-23(7-9-24)15-4-5-21-11-14(15)20/h1-5,11H,6-10H2,(H,22,25). The third kappa shape index (κ3) is 3.99. The molecule has 3 rings (SSSR count). The summed E-state index contributed by atoms with van der Waals surface area (Å²) in [6, 6.07) is 5.85. The van der Waals surface area contributed by atoms with E-state index in [2.05, 4.69) is 10.3 Å². The zero-order chi connectivity index (χ0) is 17.8. The molecule has 0 aliphatic carbocycles. The molecular formula is C17H17ClF2N4O. The van der Waals surface area contributed by atoms with Crippen molar-refractivity contribution in [1.29, 1.82) is 0 Å². The molecule has 25 heavy (non-hydrogen) atoms. The van der Waals surface area contributed by atoms with Crippen LogP contribution in [0.4, 0.5) is 19.3 Å². The van der Waals surface area contributed by atoms with E-state index in [0.29, 0.717) is 37.4 Å². The highest BCUT2D eigenvalue weighted by atomic mass is 35.5. The van der Waals surface area contributed by atoms with Gasteiger partial charge in [0.1, 0.15) is 5.82 Å². The number of pyridine rings is 1. The van der Waals surface area contributed by atoms with Gasteiger partial charge in [-0.2, -0.15) is 0 Å². The molecular weight excluding hydrogens is 350 g/mol. The lowest BCUT2D eigenvalue weighted by Crippen LogP contribution is -2.51. The van der Waals surface area contributed by atoms with Crippen molar-refractivity contribution in [2.75, 3.05) is 31.1 Å². The van der Waals surface area contributed by atoms with Crippen LogP contribution in [-0.4, -0.2) is 42.1 Å². The van der Waals surface area contributed by atoms with Crippen molar-refractivity contribution in [2.45, 2.75) is 6.54 Å². The van der Waals surface area contributed by atoms with E-state index < -0.39 is 5.82 Å². The zero-order valence-electron chi connectivity index (χ0n) is 13.4. The number of hydrogen-bond donors (Lipinski definition) is 1. The van der Waals surface area contributed by atoms with Crippen LogP contribution < -0.4 is 10.2 Å². The molecule has 132 valence electrons.